The average molecular weight is 914 g/mol. The number of aromatic hydroxyl groups is 3. The molecule has 1 saturated heterocycles. The second-order valence-electron chi connectivity index (χ2n) is 17.3. The zero-order chi connectivity index (χ0) is 48.5. The van der Waals surface area contributed by atoms with Crippen LogP contribution in [-0.2, 0) is 52.8 Å². The van der Waals surface area contributed by atoms with Gasteiger partial charge in [0.15, 0.2) is 0 Å². The van der Waals surface area contributed by atoms with E-state index in [9.17, 15) is 48.9 Å². The smallest absolute Gasteiger partial charge is 0.289 e. The molecule has 1 aliphatic rings. The van der Waals surface area contributed by atoms with Crippen LogP contribution in [0.2, 0.25) is 0 Å². The van der Waals surface area contributed by atoms with Crippen LogP contribution in [0.1, 0.15) is 89.3 Å². The number of carbonyl (C=O) groups is 7. The van der Waals surface area contributed by atoms with Gasteiger partial charge in [0.05, 0.1) is 6.04 Å². The summed E-state index contributed by atoms with van der Waals surface area (Å²) in [5, 5.41) is 43.4. The van der Waals surface area contributed by atoms with Gasteiger partial charge in [-0.05, 0) is 116 Å². The quantitative estimate of drug-likeness (QED) is 0.100. The van der Waals surface area contributed by atoms with Crippen LogP contribution in [-0.4, -0.2) is 111 Å². The normalized spacial score (nSPS) is 21.9. The topological polar surface area (TPSA) is 270 Å². The Hall–Kier alpha value is -6.49. The van der Waals surface area contributed by atoms with Crippen molar-refractivity contribution in [3.63, 3.8) is 0 Å². The molecule has 1 unspecified atom stereocenters. The molecule has 4 rings (SSSR count). The standard InChI is InChI=1S/C49H67N7O10/c1-6-29(3)41-46(63)51-27-9-8-10-38(52-48(65)43(60)37(50)28-33-15-23-36(59)24-16-33)44(61)54-42(30(4)7-2)47(64)53-39(25-17-31-11-19-34(57)20-12-31)49(66)56(5)40(45(62)55-41)26-18-32-13-21-35(58)22-14-32/h11-16,19-24,29-30,37-42,57-59H,6-10,17-18,25-28,50H2,1-5H3,(H,51,63)(H,52,65)(H,53,64)(H,54,61)(H,55,62)/t29-,30-,37-,38+,39-,40?,41-,42-/m0/s1. The Balaban J connectivity index is 1.71. The number of rotatable bonds is 15. The molecule has 3 aromatic carbocycles. The number of nitrogens with zero attached hydrogens (tertiary/aromatic N) is 1. The number of carbonyl (C=O) groups excluding carboxylic acids is 7. The molecular weight excluding hydrogens is 847 g/mol. The molecular formula is C49H67N7O10. The SMILES string of the molecule is CC[C@H](C)[C@@H]1NC(=O)C(CCc2ccc(O)cc2)N(C)C(=O)[C@H](CCc2ccc(O)cc2)NC(=O)[C@H]([C@@H](C)CC)NC(=O)[C@H](NC(=O)C(=O)[C@@H](N)Cc2ccc(O)cc2)CCCCNC1=O. The zero-order valence-electron chi connectivity index (χ0n) is 38.5. The van der Waals surface area contributed by atoms with Gasteiger partial charge in [0, 0.05) is 13.6 Å². The molecule has 8 atom stereocenters. The monoisotopic (exact) mass is 913 g/mol. The number of phenolic OH excluding ortho intramolecular Hbond substituents is 3. The third-order valence-corrected chi connectivity index (χ3v) is 12.4. The largest absolute Gasteiger partial charge is 0.508 e. The van der Waals surface area contributed by atoms with Gasteiger partial charge in [0.2, 0.25) is 35.3 Å². The summed E-state index contributed by atoms with van der Waals surface area (Å²) in [6.45, 7) is 7.43. The van der Waals surface area contributed by atoms with Crippen molar-refractivity contribution in [3.8, 4) is 17.2 Å². The number of ketones is 1. The highest BCUT2D eigenvalue weighted by Gasteiger charge is 2.38. The number of likely N-dealkylation sites (N-methyl/N-ethyl adjacent to an activating group) is 1. The van der Waals surface area contributed by atoms with E-state index in [2.05, 4.69) is 26.6 Å². The molecule has 17 nitrogen and oxygen atoms in total. The van der Waals surface area contributed by atoms with Gasteiger partial charge in [-0.25, -0.2) is 0 Å². The van der Waals surface area contributed by atoms with Crippen molar-refractivity contribution >= 4 is 41.2 Å². The van der Waals surface area contributed by atoms with Crippen molar-refractivity contribution in [1.29, 1.82) is 0 Å². The summed E-state index contributed by atoms with van der Waals surface area (Å²) in [4.78, 5) is 99.6. The minimum absolute atomic E-state index is 0.00947. The second kappa shape index (κ2) is 25.3. The van der Waals surface area contributed by atoms with E-state index in [4.69, 9.17) is 5.73 Å². The Morgan fingerprint density at radius 3 is 1.70 bits per heavy atom. The van der Waals surface area contributed by atoms with Gasteiger partial charge in [-0.2, -0.15) is 0 Å². The summed E-state index contributed by atoms with van der Waals surface area (Å²) < 4.78 is 0. The lowest BCUT2D eigenvalue weighted by Crippen LogP contribution is -2.61. The molecule has 0 aromatic heterocycles. The second-order valence-corrected chi connectivity index (χ2v) is 17.3. The van der Waals surface area contributed by atoms with E-state index in [0.717, 1.165) is 11.1 Å². The number of hydrogen-bond donors (Lipinski definition) is 9. The van der Waals surface area contributed by atoms with Crippen LogP contribution in [0.4, 0.5) is 0 Å². The summed E-state index contributed by atoms with van der Waals surface area (Å²) in [7, 11) is 1.46. The molecule has 0 bridgehead atoms. The summed E-state index contributed by atoms with van der Waals surface area (Å²) >= 11 is 0. The Morgan fingerprint density at radius 1 is 0.682 bits per heavy atom. The van der Waals surface area contributed by atoms with Crippen LogP contribution in [0, 0.1) is 11.8 Å². The van der Waals surface area contributed by atoms with Gasteiger partial charge >= 0.3 is 0 Å². The lowest BCUT2D eigenvalue weighted by molar-refractivity contribution is -0.143. The molecule has 1 aliphatic heterocycles. The fourth-order valence-electron chi connectivity index (χ4n) is 7.71. The van der Waals surface area contributed by atoms with Crippen molar-refractivity contribution in [2.75, 3.05) is 13.6 Å². The fourth-order valence-corrected chi connectivity index (χ4v) is 7.71. The van der Waals surface area contributed by atoms with E-state index < -0.39 is 83.4 Å². The fraction of sp³-hybridized carbons (Fsp3) is 0.490. The Kier molecular flexibility index (Phi) is 20.0. The summed E-state index contributed by atoms with van der Waals surface area (Å²) in [6.07, 6.45) is 2.32. The van der Waals surface area contributed by atoms with E-state index in [1.165, 1.54) is 48.3 Å². The van der Waals surface area contributed by atoms with E-state index in [-0.39, 0.29) is 68.2 Å². The molecule has 0 aliphatic carbocycles. The number of Topliss-reactive ketones (excluding diaryl/α,β-unsaturated/α-hetero) is 1. The summed E-state index contributed by atoms with van der Waals surface area (Å²) in [6, 6.07) is 11.7. The first-order valence-corrected chi connectivity index (χ1v) is 22.8. The van der Waals surface area contributed by atoms with Crippen LogP contribution in [0.25, 0.3) is 0 Å². The molecule has 10 N–H and O–H groups in total. The predicted molar refractivity (Wildman–Crippen MR) is 248 cm³/mol. The highest BCUT2D eigenvalue weighted by Crippen LogP contribution is 2.20. The molecule has 1 heterocycles. The van der Waals surface area contributed by atoms with Crippen molar-refractivity contribution in [1.82, 2.24) is 31.5 Å². The Bertz CT molecular complexity index is 2120. The number of benzene rings is 3. The van der Waals surface area contributed by atoms with Crippen LogP contribution in [0.15, 0.2) is 72.8 Å². The molecule has 1 fully saturated rings. The van der Waals surface area contributed by atoms with Gasteiger partial charge in [0.1, 0.15) is 47.5 Å². The molecule has 3 aromatic rings. The molecule has 0 saturated carbocycles. The first-order chi connectivity index (χ1) is 31.4. The van der Waals surface area contributed by atoms with Crippen LogP contribution < -0.4 is 32.3 Å². The number of nitrogens with two attached hydrogens (primary N) is 1. The number of hydrogen-bond acceptors (Lipinski definition) is 11. The highest BCUT2D eigenvalue weighted by molar-refractivity contribution is 6.38. The van der Waals surface area contributed by atoms with Crippen molar-refractivity contribution in [2.24, 2.45) is 17.6 Å². The van der Waals surface area contributed by atoms with Gasteiger partial charge in [0.25, 0.3) is 5.91 Å². The maximum Gasteiger partial charge on any atom is 0.289 e. The predicted octanol–water partition coefficient (Wildman–Crippen LogP) is 2.67. The minimum Gasteiger partial charge on any atom is -0.508 e. The maximum atomic E-state index is 14.8. The summed E-state index contributed by atoms with van der Waals surface area (Å²) in [5.74, 6) is -5.85. The van der Waals surface area contributed by atoms with Gasteiger partial charge in [-0.3, -0.25) is 33.6 Å². The third kappa shape index (κ3) is 15.3. The zero-order valence-corrected chi connectivity index (χ0v) is 38.5. The van der Waals surface area contributed by atoms with Crippen LogP contribution in [0.5, 0.6) is 17.2 Å². The Labute approximate surface area is 386 Å². The van der Waals surface area contributed by atoms with Gasteiger partial charge in [-0.15, -0.1) is 0 Å². The number of aryl methyl sites for hydroxylation is 2. The Morgan fingerprint density at radius 2 is 1.17 bits per heavy atom. The molecule has 358 valence electrons. The lowest BCUT2D eigenvalue weighted by atomic mass is 9.95. The first-order valence-electron chi connectivity index (χ1n) is 22.8. The van der Waals surface area contributed by atoms with Crippen LogP contribution >= 0.6 is 0 Å². The number of amides is 6. The molecule has 0 spiro atoms. The van der Waals surface area contributed by atoms with E-state index >= 15 is 0 Å². The summed E-state index contributed by atoms with van der Waals surface area (Å²) in [5.41, 5.74) is 8.27. The minimum atomic E-state index is -1.31. The van der Waals surface area contributed by atoms with Crippen molar-refractivity contribution < 1.29 is 48.9 Å². The van der Waals surface area contributed by atoms with Gasteiger partial charge in [-0.1, -0.05) is 76.9 Å². The van der Waals surface area contributed by atoms with Crippen LogP contribution in [0.3, 0.4) is 0 Å². The lowest BCUT2D eigenvalue weighted by Gasteiger charge is -2.34. The van der Waals surface area contributed by atoms with E-state index in [1.807, 2.05) is 20.8 Å². The third-order valence-electron chi connectivity index (χ3n) is 12.4. The van der Waals surface area contributed by atoms with Crippen molar-refractivity contribution in [2.45, 2.75) is 128 Å². The van der Waals surface area contributed by atoms with E-state index in [0.29, 0.717) is 31.2 Å². The number of phenols is 3. The average Bonchev–Trinajstić information content (AvgIpc) is 3.30. The van der Waals surface area contributed by atoms with E-state index in [1.54, 1.807) is 43.3 Å². The molecule has 17 heteroatoms. The molecule has 6 amide bonds. The molecule has 66 heavy (non-hydrogen) atoms. The van der Waals surface area contributed by atoms with Crippen molar-refractivity contribution in [3.05, 3.63) is 89.5 Å². The molecule has 0 radical (unpaired) electrons. The van der Waals surface area contributed by atoms with Gasteiger partial charge < -0.3 is 52.5 Å². The maximum absolute atomic E-state index is 14.8. The number of nitrogens with one attached hydrogen (secondary N) is 5. The first kappa shape index (κ1) is 52.1. The highest BCUT2D eigenvalue weighted by atomic mass is 16.3.